The summed E-state index contributed by atoms with van der Waals surface area (Å²) in [4.78, 5) is 51.1. The van der Waals surface area contributed by atoms with Crippen molar-refractivity contribution in [3.63, 3.8) is 0 Å². The molecule has 0 bridgehead atoms. The lowest BCUT2D eigenvalue weighted by Gasteiger charge is -2.25. The van der Waals surface area contributed by atoms with Gasteiger partial charge in [0.1, 0.15) is 18.2 Å². The molecular formula is C45H87N3O6. The Morgan fingerprint density at radius 2 is 0.963 bits per heavy atom. The summed E-state index contributed by atoms with van der Waals surface area (Å²) in [5, 5.41) is 15.1. The molecule has 9 heteroatoms. The summed E-state index contributed by atoms with van der Waals surface area (Å²) in [6, 6.07) is -1.94. The Bertz CT molecular complexity index is 914. The van der Waals surface area contributed by atoms with Gasteiger partial charge in [-0.2, -0.15) is 0 Å². The topological polar surface area (TPSA) is 148 Å². The first-order valence-electron chi connectivity index (χ1n) is 22.9. The number of unbranched alkanes of at least 4 members (excludes halogenated alkanes) is 25. The van der Waals surface area contributed by atoms with Crippen LogP contribution in [0.5, 0.6) is 0 Å². The average molecular weight is 766 g/mol. The number of hydrogen-bond donors (Lipinski definition) is 4. The molecule has 1 unspecified atom stereocenters. The summed E-state index contributed by atoms with van der Waals surface area (Å²) < 4.78 is 5.90. The molecule has 0 aromatic rings. The van der Waals surface area contributed by atoms with Gasteiger partial charge < -0.3 is 26.2 Å². The fourth-order valence-corrected chi connectivity index (χ4v) is 7.11. The van der Waals surface area contributed by atoms with Gasteiger partial charge in [-0.15, -0.1) is 0 Å². The SMILES string of the molecule is CCCCCCCCCCCCCCCC(=O)OC(CCCCCCCCCCCCCCC)CC(=O)N[C@H](C(=O)N[C@@H](CCCCN)C(=O)O)C(C)C. The molecule has 5 N–H and O–H groups in total. The van der Waals surface area contributed by atoms with Crippen molar-refractivity contribution in [3.05, 3.63) is 0 Å². The number of hydrogen-bond acceptors (Lipinski definition) is 6. The number of ether oxygens (including phenoxy) is 1. The van der Waals surface area contributed by atoms with Crippen LogP contribution >= 0.6 is 0 Å². The number of carbonyl (C=O) groups excluding carboxylic acids is 3. The maximum Gasteiger partial charge on any atom is 0.326 e. The highest BCUT2D eigenvalue weighted by atomic mass is 16.5. The minimum absolute atomic E-state index is 0.0159. The van der Waals surface area contributed by atoms with E-state index in [9.17, 15) is 24.3 Å². The van der Waals surface area contributed by atoms with Gasteiger partial charge in [0.2, 0.25) is 11.8 Å². The lowest BCUT2D eigenvalue weighted by Crippen LogP contribution is -2.54. The van der Waals surface area contributed by atoms with Crippen molar-refractivity contribution in [1.82, 2.24) is 10.6 Å². The molecule has 0 aliphatic rings. The van der Waals surface area contributed by atoms with Crippen molar-refractivity contribution in [3.8, 4) is 0 Å². The first-order valence-corrected chi connectivity index (χ1v) is 22.9. The third kappa shape index (κ3) is 32.1. The van der Waals surface area contributed by atoms with E-state index in [1.54, 1.807) is 0 Å². The van der Waals surface area contributed by atoms with Crippen molar-refractivity contribution in [2.45, 2.75) is 251 Å². The highest BCUT2D eigenvalue weighted by molar-refractivity contribution is 5.90. The van der Waals surface area contributed by atoms with Crippen molar-refractivity contribution in [2.75, 3.05) is 6.54 Å². The molecule has 0 aliphatic carbocycles. The van der Waals surface area contributed by atoms with Gasteiger partial charge in [0, 0.05) is 6.42 Å². The maximum absolute atomic E-state index is 13.3. The van der Waals surface area contributed by atoms with Crippen molar-refractivity contribution in [2.24, 2.45) is 11.7 Å². The summed E-state index contributed by atoms with van der Waals surface area (Å²) >= 11 is 0. The lowest BCUT2D eigenvalue weighted by atomic mass is 10.0. The number of carbonyl (C=O) groups is 4. The Hall–Kier alpha value is -2.16. The second-order valence-corrected chi connectivity index (χ2v) is 16.3. The van der Waals surface area contributed by atoms with E-state index in [1.165, 1.54) is 128 Å². The summed E-state index contributed by atoms with van der Waals surface area (Å²) in [6.45, 7) is 8.59. The quantitative estimate of drug-likeness (QED) is 0.0358. The lowest BCUT2D eigenvalue weighted by molar-refractivity contribution is -0.151. The van der Waals surface area contributed by atoms with Crippen LogP contribution in [0.4, 0.5) is 0 Å². The number of carboxylic acid groups (broad SMARTS) is 1. The summed E-state index contributed by atoms with van der Waals surface area (Å²) in [5.41, 5.74) is 5.55. The van der Waals surface area contributed by atoms with Crippen LogP contribution in [-0.2, 0) is 23.9 Å². The predicted molar refractivity (Wildman–Crippen MR) is 224 cm³/mol. The molecule has 0 aromatic heterocycles. The second-order valence-electron chi connectivity index (χ2n) is 16.3. The molecule has 0 saturated carbocycles. The van der Waals surface area contributed by atoms with Crippen LogP contribution < -0.4 is 16.4 Å². The van der Waals surface area contributed by atoms with Crippen molar-refractivity contribution in [1.29, 1.82) is 0 Å². The molecule has 3 atom stereocenters. The van der Waals surface area contributed by atoms with Gasteiger partial charge >= 0.3 is 11.9 Å². The molecule has 54 heavy (non-hydrogen) atoms. The smallest absolute Gasteiger partial charge is 0.326 e. The van der Waals surface area contributed by atoms with E-state index < -0.39 is 30.1 Å². The third-order valence-corrected chi connectivity index (χ3v) is 10.7. The maximum atomic E-state index is 13.3. The van der Waals surface area contributed by atoms with Gasteiger partial charge in [-0.1, -0.05) is 182 Å². The van der Waals surface area contributed by atoms with E-state index in [0.29, 0.717) is 32.2 Å². The number of amides is 2. The molecule has 2 amide bonds. The van der Waals surface area contributed by atoms with Crippen LogP contribution in [-0.4, -0.2) is 53.6 Å². The highest BCUT2D eigenvalue weighted by Gasteiger charge is 2.29. The van der Waals surface area contributed by atoms with E-state index in [-0.39, 0.29) is 30.6 Å². The van der Waals surface area contributed by atoms with E-state index in [2.05, 4.69) is 24.5 Å². The van der Waals surface area contributed by atoms with Gasteiger partial charge in [0.05, 0.1) is 6.42 Å². The molecule has 0 rings (SSSR count). The largest absolute Gasteiger partial charge is 0.480 e. The van der Waals surface area contributed by atoms with Gasteiger partial charge in [-0.3, -0.25) is 14.4 Å². The van der Waals surface area contributed by atoms with Crippen LogP contribution in [0.25, 0.3) is 0 Å². The summed E-state index contributed by atoms with van der Waals surface area (Å²) in [6.07, 6.45) is 34.2. The second kappa shape index (κ2) is 37.7. The molecule has 0 radical (unpaired) electrons. The molecule has 0 aliphatic heterocycles. The zero-order chi connectivity index (χ0) is 40.1. The van der Waals surface area contributed by atoms with Crippen LogP contribution in [0.15, 0.2) is 0 Å². The Balaban J connectivity index is 4.84. The number of carboxylic acids is 1. The molecule has 0 aromatic carbocycles. The number of rotatable bonds is 40. The van der Waals surface area contributed by atoms with Crippen LogP contribution in [0.2, 0.25) is 0 Å². The molecular weight excluding hydrogens is 679 g/mol. The third-order valence-electron chi connectivity index (χ3n) is 10.7. The molecule has 0 saturated heterocycles. The van der Waals surface area contributed by atoms with Crippen LogP contribution in [0.3, 0.4) is 0 Å². The zero-order valence-electron chi connectivity index (χ0n) is 35.7. The van der Waals surface area contributed by atoms with E-state index in [0.717, 1.165) is 38.5 Å². The summed E-state index contributed by atoms with van der Waals surface area (Å²) in [7, 11) is 0. The van der Waals surface area contributed by atoms with Crippen molar-refractivity contribution >= 4 is 23.8 Å². The molecule has 0 heterocycles. The first kappa shape index (κ1) is 51.8. The Morgan fingerprint density at radius 1 is 0.556 bits per heavy atom. The van der Waals surface area contributed by atoms with Gasteiger partial charge in [-0.05, 0) is 51.0 Å². The zero-order valence-corrected chi connectivity index (χ0v) is 35.7. The average Bonchev–Trinajstić information content (AvgIpc) is 3.13. The predicted octanol–water partition coefficient (Wildman–Crippen LogP) is 11.1. The highest BCUT2D eigenvalue weighted by Crippen LogP contribution is 2.18. The standard InChI is InChI=1S/C45H87N3O6/c1-5-7-9-11-13-15-17-19-21-23-25-27-29-33-39(54-42(50)35-30-28-26-24-22-20-18-16-14-12-10-8-6-2)37-41(49)48-43(38(3)4)44(51)47-40(45(52)53)34-31-32-36-46/h38-40,43H,5-37,46H2,1-4H3,(H,47,51)(H,48,49)(H,52,53)/t39?,40-,43-/m0/s1. The van der Waals surface area contributed by atoms with E-state index in [4.69, 9.17) is 10.5 Å². The van der Waals surface area contributed by atoms with Gasteiger partial charge in [0.15, 0.2) is 0 Å². The Morgan fingerprint density at radius 3 is 1.37 bits per heavy atom. The minimum atomic E-state index is -1.11. The fourth-order valence-electron chi connectivity index (χ4n) is 7.11. The normalized spacial score (nSPS) is 13.1. The molecule has 0 fully saturated rings. The Kier molecular flexibility index (Phi) is 36.2. The van der Waals surface area contributed by atoms with Crippen LogP contribution in [0, 0.1) is 5.92 Å². The Labute approximate surface area is 332 Å². The van der Waals surface area contributed by atoms with Crippen LogP contribution in [0.1, 0.15) is 233 Å². The van der Waals surface area contributed by atoms with E-state index >= 15 is 0 Å². The van der Waals surface area contributed by atoms with Gasteiger partial charge in [-0.25, -0.2) is 4.79 Å². The molecule has 0 spiro atoms. The number of esters is 1. The minimum Gasteiger partial charge on any atom is -0.480 e. The first-order chi connectivity index (χ1) is 26.2. The van der Waals surface area contributed by atoms with Crippen molar-refractivity contribution < 1.29 is 29.0 Å². The number of aliphatic carboxylic acids is 1. The molecule has 9 nitrogen and oxygen atoms in total. The molecule has 318 valence electrons. The fraction of sp³-hybridized carbons (Fsp3) is 0.911. The number of nitrogens with one attached hydrogen (secondary N) is 2. The van der Waals surface area contributed by atoms with Gasteiger partial charge in [0.25, 0.3) is 0 Å². The summed E-state index contributed by atoms with van der Waals surface area (Å²) in [5.74, 6) is -2.52. The number of nitrogens with two attached hydrogens (primary N) is 1. The van der Waals surface area contributed by atoms with E-state index in [1.807, 2.05) is 13.8 Å². The monoisotopic (exact) mass is 766 g/mol.